The minimum atomic E-state index is -1.04. The van der Waals surface area contributed by atoms with Crippen LogP contribution in [0.5, 0.6) is 0 Å². The summed E-state index contributed by atoms with van der Waals surface area (Å²) in [6.07, 6.45) is 0. The topological polar surface area (TPSA) is 50.4 Å². The van der Waals surface area contributed by atoms with Gasteiger partial charge in [0.25, 0.3) is 0 Å². The van der Waals surface area contributed by atoms with Crippen LogP contribution in [-0.4, -0.2) is 11.1 Å². The van der Waals surface area contributed by atoms with Crippen molar-refractivity contribution in [2.24, 2.45) is 0 Å². The molecule has 100 valence electrons. The van der Waals surface area contributed by atoms with Crippen LogP contribution in [0.25, 0.3) is 22.3 Å². The average Bonchev–Trinajstić information content (AvgIpc) is 2.84. The molecule has 3 aromatic rings. The summed E-state index contributed by atoms with van der Waals surface area (Å²) in [6.45, 7) is 1.81. The molecule has 0 fully saturated rings. The minimum absolute atomic E-state index is 0.138. The monoisotopic (exact) mass is 270 g/mol. The molecule has 1 aromatic heterocycles. The summed E-state index contributed by atoms with van der Waals surface area (Å²) >= 11 is 0. The summed E-state index contributed by atoms with van der Waals surface area (Å²) < 4.78 is 19.1. The number of fused-ring (bicyclic) bond motifs is 1. The summed E-state index contributed by atoms with van der Waals surface area (Å²) in [5.41, 5.74) is 1.57. The number of carboxylic acid groups (broad SMARTS) is 1. The lowest BCUT2D eigenvalue weighted by molar-refractivity contribution is 0.0697. The highest BCUT2D eigenvalue weighted by molar-refractivity contribution is 5.97. The van der Waals surface area contributed by atoms with Crippen molar-refractivity contribution < 1.29 is 18.7 Å². The van der Waals surface area contributed by atoms with Crippen molar-refractivity contribution in [3.05, 3.63) is 59.4 Å². The predicted molar refractivity (Wildman–Crippen MR) is 73.3 cm³/mol. The molecule has 0 aliphatic rings. The number of rotatable bonds is 2. The van der Waals surface area contributed by atoms with E-state index in [0.29, 0.717) is 16.7 Å². The Hall–Kier alpha value is -2.62. The molecule has 0 amide bonds. The van der Waals surface area contributed by atoms with Gasteiger partial charge in [-0.25, -0.2) is 9.18 Å². The Bertz CT molecular complexity index is 818. The van der Waals surface area contributed by atoms with Gasteiger partial charge < -0.3 is 9.52 Å². The molecule has 1 heterocycles. The summed E-state index contributed by atoms with van der Waals surface area (Å²) in [6, 6.07) is 11.3. The van der Waals surface area contributed by atoms with Crippen LogP contribution in [-0.2, 0) is 0 Å². The number of para-hydroxylation sites is 1. The van der Waals surface area contributed by atoms with Crippen molar-refractivity contribution in [2.75, 3.05) is 0 Å². The minimum Gasteiger partial charge on any atom is -0.478 e. The van der Waals surface area contributed by atoms with Gasteiger partial charge in [-0.1, -0.05) is 29.8 Å². The van der Waals surface area contributed by atoms with Gasteiger partial charge in [-0.15, -0.1) is 0 Å². The van der Waals surface area contributed by atoms with E-state index in [-0.39, 0.29) is 11.1 Å². The van der Waals surface area contributed by atoms with Gasteiger partial charge in [0.05, 0.1) is 5.56 Å². The Morgan fingerprint density at radius 3 is 2.70 bits per heavy atom. The second kappa shape index (κ2) is 4.49. The molecule has 0 atom stereocenters. The van der Waals surface area contributed by atoms with E-state index < -0.39 is 11.8 Å². The number of carbonyl (C=O) groups is 1. The average molecular weight is 270 g/mol. The maximum atomic E-state index is 13.6. The molecule has 0 unspecified atom stereocenters. The summed E-state index contributed by atoms with van der Waals surface area (Å²) in [7, 11) is 0. The molecule has 0 bridgehead atoms. The molecule has 4 heteroatoms. The maximum Gasteiger partial charge on any atom is 0.336 e. The molecule has 3 nitrogen and oxygen atoms in total. The highest BCUT2D eigenvalue weighted by Crippen LogP contribution is 2.31. The third-order valence-electron chi connectivity index (χ3n) is 3.17. The van der Waals surface area contributed by atoms with Crippen LogP contribution in [0.2, 0.25) is 0 Å². The summed E-state index contributed by atoms with van der Waals surface area (Å²) in [5.74, 6) is -1.15. The van der Waals surface area contributed by atoms with Crippen LogP contribution in [0, 0.1) is 12.7 Å². The SMILES string of the molecule is Cc1ccc(-c2cc3cccc(F)c3o2)c(C(=O)O)c1. The summed E-state index contributed by atoms with van der Waals surface area (Å²) in [5, 5.41) is 9.87. The number of hydrogen-bond donors (Lipinski definition) is 1. The fourth-order valence-corrected chi connectivity index (χ4v) is 2.21. The fourth-order valence-electron chi connectivity index (χ4n) is 2.21. The molecular weight excluding hydrogens is 259 g/mol. The van der Waals surface area contributed by atoms with Gasteiger partial charge in [-0.2, -0.15) is 0 Å². The zero-order chi connectivity index (χ0) is 14.3. The standard InChI is InChI=1S/C16H11FO3/c1-9-5-6-11(12(7-9)16(18)19)14-8-10-3-2-4-13(17)15(10)20-14/h2-8H,1H3,(H,18,19). The first-order valence-corrected chi connectivity index (χ1v) is 6.08. The number of halogens is 1. The first-order chi connectivity index (χ1) is 9.56. The lowest BCUT2D eigenvalue weighted by Crippen LogP contribution is -1.99. The van der Waals surface area contributed by atoms with Crippen molar-refractivity contribution in [3.63, 3.8) is 0 Å². The second-order valence-electron chi connectivity index (χ2n) is 4.62. The quantitative estimate of drug-likeness (QED) is 0.757. The molecule has 0 saturated heterocycles. The predicted octanol–water partition coefficient (Wildman–Crippen LogP) is 4.25. The molecule has 0 aliphatic carbocycles. The Morgan fingerprint density at radius 2 is 2.00 bits per heavy atom. The molecule has 2 aromatic carbocycles. The van der Waals surface area contributed by atoms with Gasteiger partial charge >= 0.3 is 5.97 Å². The molecule has 0 saturated carbocycles. The molecule has 0 radical (unpaired) electrons. The maximum absolute atomic E-state index is 13.6. The Morgan fingerprint density at radius 1 is 1.20 bits per heavy atom. The zero-order valence-electron chi connectivity index (χ0n) is 10.7. The van der Waals surface area contributed by atoms with Gasteiger partial charge in [0, 0.05) is 10.9 Å². The van der Waals surface area contributed by atoms with E-state index in [0.717, 1.165) is 5.56 Å². The fraction of sp³-hybridized carbons (Fsp3) is 0.0625. The zero-order valence-corrected chi connectivity index (χ0v) is 10.7. The van der Waals surface area contributed by atoms with Gasteiger partial charge in [0.15, 0.2) is 11.4 Å². The molecular formula is C16H11FO3. The van der Waals surface area contributed by atoms with E-state index in [2.05, 4.69) is 0 Å². The van der Waals surface area contributed by atoms with Crippen LogP contribution in [0.3, 0.4) is 0 Å². The van der Waals surface area contributed by atoms with Crippen molar-refractivity contribution in [2.45, 2.75) is 6.92 Å². The van der Waals surface area contributed by atoms with Crippen LogP contribution in [0.15, 0.2) is 46.9 Å². The normalized spacial score (nSPS) is 10.9. The lowest BCUT2D eigenvalue weighted by Gasteiger charge is -2.04. The molecule has 20 heavy (non-hydrogen) atoms. The second-order valence-corrected chi connectivity index (χ2v) is 4.62. The number of aryl methyl sites for hydroxylation is 1. The third-order valence-corrected chi connectivity index (χ3v) is 3.17. The Balaban J connectivity index is 2.25. The van der Waals surface area contributed by atoms with Gasteiger partial charge in [-0.05, 0) is 25.1 Å². The smallest absolute Gasteiger partial charge is 0.336 e. The van der Waals surface area contributed by atoms with Crippen LogP contribution in [0.4, 0.5) is 4.39 Å². The molecule has 0 spiro atoms. The van der Waals surface area contributed by atoms with E-state index in [1.54, 1.807) is 36.4 Å². The van der Waals surface area contributed by atoms with Gasteiger partial charge in [0.2, 0.25) is 0 Å². The number of furan rings is 1. The van der Waals surface area contributed by atoms with E-state index in [1.165, 1.54) is 6.07 Å². The highest BCUT2D eigenvalue weighted by Gasteiger charge is 2.16. The van der Waals surface area contributed by atoms with Gasteiger partial charge in [0.1, 0.15) is 5.76 Å². The van der Waals surface area contributed by atoms with Crippen LogP contribution in [0.1, 0.15) is 15.9 Å². The lowest BCUT2D eigenvalue weighted by atomic mass is 10.0. The number of carboxylic acids is 1. The van der Waals surface area contributed by atoms with E-state index >= 15 is 0 Å². The van der Waals surface area contributed by atoms with Crippen LogP contribution >= 0.6 is 0 Å². The van der Waals surface area contributed by atoms with Crippen molar-refractivity contribution in [3.8, 4) is 11.3 Å². The van der Waals surface area contributed by atoms with Crippen molar-refractivity contribution in [1.29, 1.82) is 0 Å². The number of hydrogen-bond acceptors (Lipinski definition) is 2. The van der Waals surface area contributed by atoms with Crippen molar-refractivity contribution in [1.82, 2.24) is 0 Å². The van der Waals surface area contributed by atoms with E-state index in [1.807, 2.05) is 6.92 Å². The van der Waals surface area contributed by atoms with Crippen molar-refractivity contribution >= 4 is 16.9 Å². The molecule has 3 rings (SSSR count). The van der Waals surface area contributed by atoms with E-state index in [9.17, 15) is 14.3 Å². The molecule has 0 aliphatic heterocycles. The third kappa shape index (κ3) is 1.95. The Kier molecular flexibility index (Phi) is 2.79. The van der Waals surface area contributed by atoms with Crippen LogP contribution < -0.4 is 0 Å². The first-order valence-electron chi connectivity index (χ1n) is 6.08. The summed E-state index contributed by atoms with van der Waals surface area (Å²) in [4.78, 5) is 11.3. The number of aromatic carboxylic acids is 1. The van der Waals surface area contributed by atoms with E-state index in [4.69, 9.17) is 4.42 Å². The van der Waals surface area contributed by atoms with Gasteiger partial charge in [-0.3, -0.25) is 0 Å². The highest BCUT2D eigenvalue weighted by atomic mass is 19.1. The number of benzene rings is 2. The largest absolute Gasteiger partial charge is 0.478 e. The molecule has 1 N–H and O–H groups in total. The Labute approximate surface area is 114 Å². The first kappa shape index (κ1) is 12.4.